The van der Waals surface area contributed by atoms with Gasteiger partial charge in [0.25, 0.3) is 0 Å². The van der Waals surface area contributed by atoms with E-state index in [0.29, 0.717) is 18.5 Å². The van der Waals surface area contributed by atoms with Crippen molar-refractivity contribution in [3.05, 3.63) is 54.1 Å². The van der Waals surface area contributed by atoms with Crippen LogP contribution in [0.2, 0.25) is 0 Å². The summed E-state index contributed by atoms with van der Waals surface area (Å²) in [5.41, 5.74) is 9.90. The summed E-state index contributed by atoms with van der Waals surface area (Å²) in [6.07, 6.45) is 0.432. The molecule has 0 saturated carbocycles. The Balaban J connectivity index is 2.43. The lowest BCUT2D eigenvalue weighted by atomic mass is 10.0. The molecule has 0 aliphatic rings. The zero-order valence-corrected chi connectivity index (χ0v) is 13.1. The number of halogens is 1. The van der Waals surface area contributed by atoms with Gasteiger partial charge >= 0.3 is 0 Å². The van der Waals surface area contributed by atoms with Crippen LogP contribution in [0.15, 0.2) is 43.0 Å². The van der Waals surface area contributed by atoms with E-state index in [4.69, 9.17) is 5.73 Å². The fourth-order valence-electron chi connectivity index (χ4n) is 3.08. The third-order valence-electron chi connectivity index (χ3n) is 4.16. The topological polar surface area (TPSA) is 48.0 Å². The SMILES string of the molecule is C=C(C)c1ccc2c(c1)c1c(C(N)=O)cccc1n2CCCF. The second-order valence-corrected chi connectivity index (χ2v) is 5.77. The van der Waals surface area contributed by atoms with Crippen LogP contribution in [0.1, 0.15) is 29.3 Å². The molecule has 0 spiro atoms. The van der Waals surface area contributed by atoms with E-state index in [1.165, 1.54) is 0 Å². The number of nitrogens with zero attached hydrogens (tertiary/aromatic N) is 1. The Hall–Kier alpha value is -2.62. The van der Waals surface area contributed by atoms with Gasteiger partial charge in [0.1, 0.15) is 0 Å². The van der Waals surface area contributed by atoms with Crippen LogP contribution in [0.3, 0.4) is 0 Å². The normalized spacial score (nSPS) is 11.2. The Labute approximate surface area is 134 Å². The van der Waals surface area contributed by atoms with E-state index in [0.717, 1.165) is 32.9 Å². The number of allylic oxidation sites excluding steroid dienone is 1. The molecule has 23 heavy (non-hydrogen) atoms. The highest BCUT2D eigenvalue weighted by Crippen LogP contribution is 2.33. The molecule has 0 atom stereocenters. The van der Waals surface area contributed by atoms with E-state index < -0.39 is 5.91 Å². The summed E-state index contributed by atoms with van der Waals surface area (Å²) in [6, 6.07) is 11.5. The van der Waals surface area contributed by atoms with Crippen LogP contribution in [-0.4, -0.2) is 17.1 Å². The summed E-state index contributed by atoms with van der Waals surface area (Å²) < 4.78 is 14.7. The predicted octanol–water partition coefficient (Wildman–Crippen LogP) is 4.29. The van der Waals surface area contributed by atoms with Crippen molar-refractivity contribution >= 4 is 33.3 Å². The molecule has 1 aromatic heterocycles. The lowest BCUT2D eigenvalue weighted by molar-refractivity contribution is 0.100. The zero-order chi connectivity index (χ0) is 16.6. The maximum Gasteiger partial charge on any atom is 0.249 e. The van der Waals surface area contributed by atoms with Gasteiger partial charge < -0.3 is 10.3 Å². The van der Waals surface area contributed by atoms with Crippen molar-refractivity contribution in [1.82, 2.24) is 4.57 Å². The molecule has 1 amide bonds. The Kier molecular flexibility index (Phi) is 3.90. The van der Waals surface area contributed by atoms with Crippen molar-refractivity contribution in [2.75, 3.05) is 6.67 Å². The van der Waals surface area contributed by atoms with E-state index in [9.17, 15) is 9.18 Å². The molecule has 4 heteroatoms. The number of amides is 1. The first-order valence-corrected chi connectivity index (χ1v) is 7.61. The first-order valence-electron chi connectivity index (χ1n) is 7.61. The monoisotopic (exact) mass is 310 g/mol. The molecule has 0 bridgehead atoms. The van der Waals surface area contributed by atoms with Crippen molar-refractivity contribution in [1.29, 1.82) is 0 Å². The van der Waals surface area contributed by atoms with Crippen molar-refractivity contribution in [3.8, 4) is 0 Å². The van der Waals surface area contributed by atoms with Crippen molar-refractivity contribution in [3.63, 3.8) is 0 Å². The van der Waals surface area contributed by atoms with E-state index in [1.807, 2.05) is 37.3 Å². The number of alkyl halides is 1. The van der Waals surface area contributed by atoms with Gasteiger partial charge in [-0.1, -0.05) is 24.3 Å². The molecule has 0 radical (unpaired) electrons. The highest BCUT2D eigenvalue weighted by atomic mass is 19.1. The van der Waals surface area contributed by atoms with E-state index in [1.54, 1.807) is 6.07 Å². The largest absolute Gasteiger partial charge is 0.366 e. The average Bonchev–Trinajstić information content (AvgIpc) is 2.85. The van der Waals surface area contributed by atoms with Gasteiger partial charge in [-0.3, -0.25) is 9.18 Å². The number of aryl methyl sites for hydroxylation is 1. The fraction of sp³-hybridized carbons (Fsp3) is 0.211. The van der Waals surface area contributed by atoms with Crippen molar-refractivity contribution in [2.45, 2.75) is 19.9 Å². The molecule has 1 heterocycles. The Morgan fingerprint density at radius 1 is 1.26 bits per heavy atom. The van der Waals surface area contributed by atoms with Gasteiger partial charge in [-0.2, -0.15) is 0 Å². The smallest absolute Gasteiger partial charge is 0.249 e. The number of hydrogen-bond acceptors (Lipinski definition) is 1. The van der Waals surface area contributed by atoms with Gasteiger partial charge in [0, 0.05) is 33.9 Å². The Morgan fingerprint density at radius 2 is 2.04 bits per heavy atom. The number of carbonyl (C=O) groups excluding carboxylic acids is 1. The highest BCUT2D eigenvalue weighted by molar-refractivity contribution is 6.18. The maximum absolute atomic E-state index is 12.7. The molecule has 3 aromatic rings. The number of aromatic nitrogens is 1. The minimum atomic E-state index is -0.458. The van der Waals surface area contributed by atoms with Gasteiger partial charge in [-0.15, -0.1) is 0 Å². The van der Waals surface area contributed by atoms with E-state index >= 15 is 0 Å². The Bertz CT molecular complexity index is 924. The van der Waals surface area contributed by atoms with Gasteiger partial charge in [-0.05, 0) is 43.2 Å². The average molecular weight is 310 g/mol. The van der Waals surface area contributed by atoms with Crippen LogP contribution in [0.5, 0.6) is 0 Å². The molecule has 0 aliphatic heterocycles. The third-order valence-corrected chi connectivity index (χ3v) is 4.16. The van der Waals surface area contributed by atoms with E-state index in [2.05, 4.69) is 11.1 Å². The van der Waals surface area contributed by atoms with Crippen LogP contribution < -0.4 is 5.73 Å². The summed E-state index contributed by atoms with van der Waals surface area (Å²) in [6.45, 7) is 6.11. The van der Waals surface area contributed by atoms with Gasteiger partial charge in [0.15, 0.2) is 0 Å². The van der Waals surface area contributed by atoms with Gasteiger partial charge in [-0.25, -0.2) is 0 Å². The second-order valence-electron chi connectivity index (χ2n) is 5.77. The standard InChI is InChI=1S/C19H19FN2O/c1-12(2)13-7-8-16-15(11-13)18-14(19(21)23)5-3-6-17(18)22(16)10-4-9-20/h3,5-8,11H,1,4,9-10H2,2H3,(H2,21,23). The predicted molar refractivity (Wildman–Crippen MR) is 93.3 cm³/mol. The molecule has 0 fully saturated rings. The minimum absolute atomic E-state index is 0.374. The lowest BCUT2D eigenvalue weighted by Gasteiger charge is -2.06. The quantitative estimate of drug-likeness (QED) is 0.751. The summed E-state index contributed by atoms with van der Waals surface area (Å²) in [7, 11) is 0. The number of rotatable bonds is 5. The number of hydrogen-bond donors (Lipinski definition) is 1. The molecule has 3 rings (SSSR count). The molecule has 0 unspecified atom stereocenters. The lowest BCUT2D eigenvalue weighted by Crippen LogP contribution is -2.11. The number of fused-ring (bicyclic) bond motifs is 3. The fourth-order valence-corrected chi connectivity index (χ4v) is 3.08. The second kappa shape index (κ2) is 5.88. The number of nitrogens with two attached hydrogens (primary N) is 1. The Morgan fingerprint density at radius 3 is 2.70 bits per heavy atom. The first-order chi connectivity index (χ1) is 11.0. The van der Waals surface area contributed by atoms with E-state index in [-0.39, 0.29) is 6.67 Å². The van der Waals surface area contributed by atoms with Crippen LogP contribution in [0, 0.1) is 0 Å². The zero-order valence-electron chi connectivity index (χ0n) is 13.1. The molecular formula is C19H19FN2O. The molecule has 0 saturated heterocycles. The molecule has 0 aliphatic carbocycles. The van der Waals surface area contributed by atoms with Crippen LogP contribution >= 0.6 is 0 Å². The summed E-state index contributed by atoms with van der Waals surface area (Å²) in [5.74, 6) is -0.458. The molecule has 3 nitrogen and oxygen atoms in total. The molecule has 2 aromatic carbocycles. The first kappa shape index (κ1) is 15.3. The summed E-state index contributed by atoms with van der Waals surface area (Å²) in [5, 5.41) is 1.78. The van der Waals surface area contributed by atoms with Crippen LogP contribution in [0.4, 0.5) is 4.39 Å². The third kappa shape index (κ3) is 2.50. The van der Waals surface area contributed by atoms with Crippen molar-refractivity contribution < 1.29 is 9.18 Å². The summed E-state index contributed by atoms with van der Waals surface area (Å²) >= 11 is 0. The van der Waals surface area contributed by atoms with Gasteiger partial charge in [0.05, 0.1) is 6.67 Å². The number of carbonyl (C=O) groups is 1. The van der Waals surface area contributed by atoms with Crippen LogP contribution in [0.25, 0.3) is 27.4 Å². The van der Waals surface area contributed by atoms with Crippen LogP contribution in [-0.2, 0) is 6.54 Å². The molecular weight excluding hydrogens is 291 g/mol. The summed E-state index contributed by atoms with van der Waals surface area (Å²) in [4.78, 5) is 11.8. The number of benzene rings is 2. The van der Waals surface area contributed by atoms with Gasteiger partial charge in [0.2, 0.25) is 5.91 Å². The maximum atomic E-state index is 12.7. The minimum Gasteiger partial charge on any atom is -0.366 e. The highest BCUT2D eigenvalue weighted by Gasteiger charge is 2.16. The van der Waals surface area contributed by atoms with Crippen molar-refractivity contribution in [2.24, 2.45) is 5.73 Å². The molecule has 118 valence electrons. The number of primary amides is 1. The molecule has 2 N–H and O–H groups in total.